The van der Waals surface area contributed by atoms with Crippen molar-refractivity contribution in [2.24, 2.45) is 0 Å². The third-order valence-corrected chi connectivity index (χ3v) is 1.56. The second-order valence-corrected chi connectivity index (χ2v) is 2.32. The summed E-state index contributed by atoms with van der Waals surface area (Å²) in [7, 11) is 0. The first-order valence-electron chi connectivity index (χ1n) is 3.29. The standard InChI is InChI=1S/C9H10O/c1-3-8-4-5-9(10)6-7(8)2/h3-5H,2,6H2,1H3/b8-3-. The molecule has 0 radical (unpaired) electrons. The summed E-state index contributed by atoms with van der Waals surface area (Å²) in [6, 6.07) is 0. The maximum atomic E-state index is 10.8. The maximum absolute atomic E-state index is 10.8. The minimum atomic E-state index is 0.149. The molecule has 0 atom stereocenters. The fourth-order valence-electron chi connectivity index (χ4n) is 0.972. The molecule has 1 aliphatic rings. The van der Waals surface area contributed by atoms with Crippen LogP contribution in [-0.2, 0) is 4.79 Å². The van der Waals surface area contributed by atoms with Crippen LogP contribution < -0.4 is 0 Å². The van der Waals surface area contributed by atoms with Gasteiger partial charge >= 0.3 is 0 Å². The molecule has 0 N–H and O–H groups in total. The van der Waals surface area contributed by atoms with Crippen LogP contribution in [0.3, 0.4) is 0 Å². The monoisotopic (exact) mass is 134 g/mol. The van der Waals surface area contributed by atoms with Gasteiger partial charge in [-0.3, -0.25) is 4.79 Å². The quantitative estimate of drug-likeness (QED) is 0.495. The third kappa shape index (κ3) is 1.24. The van der Waals surface area contributed by atoms with E-state index >= 15 is 0 Å². The van der Waals surface area contributed by atoms with Gasteiger partial charge < -0.3 is 0 Å². The first kappa shape index (κ1) is 7.00. The molecule has 0 saturated carbocycles. The van der Waals surface area contributed by atoms with Gasteiger partial charge in [0, 0.05) is 6.42 Å². The highest BCUT2D eigenvalue weighted by molar-refractivity contribution is 5.94. The van der Waals surface area contributed by atoms with Gasteiger partial charge in [-0.05, 0) is 24.1 Å². The summed E-state index contributed by atoms with van der Waals surface area (Å²) in [5.41, 5.74) is 2.01. The highest BCUT2D eigenvalue weighted by Crippen LogP contribution is 2.18. The zero-order chi connectivity index (χ0) is 7.56. The van der Waals surface area contributed by atoms with Crippen molar-refractivity contribution in [2.75, 3.05) is 0 Å². The molecule has 1 rings (SSSR count). The van der Waals surface area contributed by atoms with E-state index < -0.39 is 0 Å². The molecule has 10 heavy (non-hydrogen) atoms. The van der Waals surface area contributed by atoms with Crippen molar-refractivity contribution in [3.63, 3.8) is 0 Å². The van der Waals surface area contributed by atoms with Crippen molar-refractivity contribution in [1.29, 1.82) is 0 Å². The first-order valence-corrected chi connectivity index (χ1v) is 3.29. The molecule has 0 aromatic rings. The largest absolute Gasteiger partial charge is 0.294 e. The molecule has 0 fully saturated rings. The molecule has 0 spiro atoms. The van der Waals surface area contributed by atoms with Crippen LogP contribution in [0.1, 0.15) is 13.3 Å². The Balaban J connectivity index is 2.93. The predicted molar refractivity (Wildman–Crippen MR) is 41.7 cm³/mol. The molecule has 0 aromatic heterocycles. The summed E-state index contributed by atoms with van der Waals surface area (Å²) in [5, 5.41) is 0. The molecule has 0 aliphatic heterocycles. The van der Waals surface area contributed by atoms with Gasteiger partial charge in [0.05, 0.1) is 0 Å². The van der Waals surface area contributed by atoms with Crippen molar-refractivity contribution < 1.29 is 4.79 Å². The lowest BCUT2D eigenvalue weighted by atomic mass is 9.96. The van der Waals surface area contributed by atoms with E-state index in [1.165, 1.54) is 0 Å². The predicted octanol–water partition coefficient (Wildman–Crippen LogP) is 2.02. The summed E-state index contributed by atoms with van der Waals surface area (Å²) >= 11 is 0. The van der Waals surface area contributed by atoms with Gasteiger partial charge in [0.15, 0.2) is 5.78 Å². The number of ketones is 1. The van der Waals surface area contributed by atoms with E-state index in [1.54, 1.807) is 6.08 Å². The lowest BCUT2D eigenvalue weighted by Crippen LogP contribution is -2.01. The van der Waals surface area contributed by atoms with Gasteiger partial charge in [-0.25, -0.2) is 0 Å². The van der Waals surface area contributed by atoms with Crippen molar-refractivity contribution in [3.8, 4) is 0 Å². The zero-order valence-electron chi connectivity index (χ0n) is 6.05. The van der Waals surface area contributed by atoms with E-state index in [0.717, 1.165) is 11.1 Å². The summed E-state index contributed by atoms with van der Waals surface area (Å²) in [6.07, 6.45) is 5.86. The smallest absolute Gasteiger partial charge is 0.160 e. The Hall–Kier alpha value is -1.11. The van der Waals surface area contributed by atoms with E-state index in [1.807, 2.05) is 19.1 Å². The molecule has 0 heterocycles. The molecular weight excluding hydrogens is 124 g/mol. The fraction of sp³-hybridized carbons (Fsp3) is 0.222. The lowest BCUT2D eigenvalue weighted by molar-refractivity contribution is -0.114. The van der Waals surface area contributed by atoms with Gasteiger partial charge in [0.2, 0.25) is 0 Å². The average Bonchev–Trinajstić information content (AvgIpc) is 1.88. The Morgan fingerprint density at radius 3 is 2.80 bits per heavy atom. The molecule has 1 heteroatoms. The van der Waals surface area contributed by atoms with E-state index in [4.69, 9.17) is 0 Å². The van der Waals surface area contributed by atoms with Crippen LogP contribution in [-0.4, -0.2) is 5.78 Å². The van der Waals surface area contributed by atoms with Crippen LogP contribution in [0, 0.1) is 0 Å². The minimum absolute atomic E-state index is 0.149. The third-order valence-electron chi connectivity index (χ3n) is 1.56. The number of hydrogen-bond donors (Lipinski definition) is 0. The summed E-state index contributed by atoms with van der Waals surface area (Å²) < 4.78 is 0. The maximum Gasteiger partial charge on any atom is 0.160 e. The van der Waals surface area contributed by atoms with Crippen molar-refractivity contribution >= 4 is 5.78 Å². The van der Waals surface area contributed by atoms with E-state index in [-0.39, 0.29) is 5.78 Å². The Labute approximate surface area is 60.7 Å². The summed E-state index contributed by atoms with van der Waals surface area (Å²) in [4.78, 5) is 10.8. The number of hydrogen-bond acceptors (Lipinski definition) is 1. The van der Waals surface area contributed by atoms with E-state index in [2.05, 4.69) is 6.58 Å². The van der Waals surface area contributed by atoms with Crippen LogP contribution in [0.5, 0.6) is 0 Å². The number of rotatable bonds is 0. The van der Waals surface area contributed by atoms with E-state index in [0.29, 0.717) is 6.42 Å². The highest BCUT2D eigenvalue weighted by atomic mass is 16.1. The van der Waals surface area contributed by atoms with Gasteiger partial charge in [-0.1, -0.05) is 18.7 Å². The Morgan fingerprint density at radius 2 is 2.30 bits per heavy atom. The Morgan fingerprint density at radius 1 is 1.60 bits per heavy atom. The molecular formula is C9H10O. The van der Waals surface area contributed by atoms with Gasteiger partial charge in [0.25, 0.3) is 0 Å². The molecule has 1 aliphatic carbocycles. The number of carbonyl (C=O) groups excluding carboxylic acids is 1. The SMILES string of the molecule is C=C1CC(=O)C=C/C1=C/C. The van der Waals surface area contributed by atoms with Crippen LogP contribution >= 0.6 is 0 Å². The number of carbonyl (C=O) groups is 1. The first-order chi connectivity index (χ1) is 4.74. The van der Waals surface area contributed by atoms with Crippen LogP contribution in [0.2, 0.25) is 0 Å². The summed E-state index contributed by atoms with van der Waals surface area (Å²) in [5.74, 6) is 0.149. The molecule has 0 saturated heterocycles. The minimum Gasteiger partial charge on any atom is -0.294 e. The number of allylic oxidation sites excluding steroid dienone is 5. The van der Waals surface area contributed by atoms with Gasteiger partial charge in [-0.15, -0.1) is 0 Å². The molecule has 52 valence electrons. The Bertz CT molecular complexity index is 231. The highest BCUT2D eigenvalue weighted by Gasteiger charge is 2.08. The van der Waals surface area contributed by atoms with Crippen molar-refractivity contribution in [2.45, 2.75) is 13.3 Å². The molecule has 0 unspecified atom stereocenters. The average molecular weight is 134 g/mol. The second-order valence-electron chi connectivity index (χ2n) is 2.32. The molecule has 0 aromatic carbocycles. The molecule has 1 nitrogen and oxygen atoms in total. The van der Waals surface area contributed by atoms with Crippen LogP contribution in [0.4, 0.5) is 0 Å². The fourth-order valence-corrected chi connectivity index (χ4v) is 0.972. The lowest BCUT2D eigenvalue weighted by Gasteiger charge is -2.08. The summed E-state index contributed by atoms with van der Waals surface area (Å²) in [6.45, 7) is 5.72. The van der Waals surface area contributed by atoms with Gasteiger partial charge in [-0.2, -0.15) is 0 Å². The second kappa shape index (κ2) is 2.65. The van der Waals surface area contributed by atoms with Crippen molar-refractivity contribution in [1.82, 2.24) is 0 Å². The van der Waals surface area contributed by atoms with Crippen molar-refractivity contribution in [3.05, 3.63) is 36.0 Å². The zero-order valence-corrected chi connectivity index (χ0v) is 6.05. The topological polar surface area (TPSA) is 17.1 Å². The van der Waals surface area contributed by atoms with Crippen LogP contribution in [0.15, 0.2) is 36.0 Å². The Kier molecular flexibility index (Phi) is 1.86. The van der Waals surface area contributed by atoms with Crippen LogP contribution in [0.25, 0.3) is 0 Å². The van der Waals surface area contributed by atoms with Gasteiger partial charge in [0.1, 0.15) is 0 Å². The van der Waals surface area contributed by atoms with E-state index in [9.17, 15) is 4.79 Å². The normalized spacial score (nSPS) is 22.3. The molecule has 0 amide bonds. The molecule has 0 bridgehead atoms.